The average Bonchev–Trinajstić information content (AvgIpc) is 2.63. The van der Waals surface area contributed by atoms with E-state index < -0.39 is 12.1 Å². The van der Waals surface area contributed by atoms with E-state index >= 15 is 0 Å². The van der Waals surface area contributed by atoms with Gasteiger partial charge in [-0.05, 0) is 58.7 Å². The molecule has 1 aliphatic carbocycles. The Labute approximate surface area is 146 Å². The fourth-order valence-corrected chi connectivity index (χ4v) is 3.36. The van der Waals surface area contributed by atoms with Crippen LogP contribution in [0.1, 0.15) is 54.3 Å². The van der Waals surface area contributed by atoms with E-state index in [0.29, 0.717) is 12.0 Å². The summed E-state index contributed by atoms with van der Waals surface area (Å²) in [5, 5.41) is 10.4. The lowest BCUT2D eigenvalue weighted by Crippen LogP contribution is -2.26. The molecule has 0 heterocycles. The fraction of sp³-hybridized carbons (Fsp3) is 0.300. The Morgan fingerprint density at radius 2 is 1.88 bits per heavy atom. The van der Waals surface area contributed by atoms with Gasteiger partial charge in [0.2, 0.25) is 6.41 Å². The molecule has 3 rings (SSSR count). The molecule has 130 valence electrons. The lowest BCUT2D eigenvalue weighted by Gasteiger charge is -2.35. The highest BCUT2D eigenvalue weighted by Crippen LogP contribution is 2.42. The molecule has 5 nitrogen and oxygen atoms in total. The number of amides is 1. The van der Waals surface area contributed by atoms with Gasteiger partial charge in [0, 0.05) is 0 Å². The third-order valence-electron chi connectivity index (χ3n) is 4.84. The van der Waals surface area contributed by atoms with Crippen LogP contribution in [0.15, 0.2) is 42.5 Å². The predicted molar refractivity (Wildman–Crippen MR) is 93.7 cm³/mol. The molecule has 0 spiro atoms. The summed E-state index contributed by atoms with van der Waals surface area (Å²) in [4.78, 5) is 26.4. The Morgan fingerprint density at radius 1 is 1.20 bits per heavy atom. The summed E-state index contributed by atoms with van der Waals surface area (Å²) in [6, 6.07) is 13.1. The van der Waals surface area contributed by atoms with Crippen molar-refractivity contribution in [1.82, 2.24) is 5.48 Å². The number of hydrogen-bond acceptors (Lipinski definition) is 4. The summed E-state index contributed by atoms with van der Waals surface area (Å²) in [5.74, 6) is -0.624. The van der Waals surface area contributed by atoms with Crippen LogP contribution in [0.4, 0.5) is 0 Å². The molecule has 1 aliphatic rings. The topological polar surface area (TPSA) is 75.6 Å². The monoisotopic (exact) mass is 339 g/mol. The molecular formula is C20H21NO4. The van der Waals surface area contributed by atoms with E-state index in [1.54, 1.807) is 12.1 Å². The van der Waals surface area contributed by atoms with Crippen molar-refractivity contribution in [3.05, 3.63) is 59.2 Å². The summed E-state index contributed by atoms with van der Waals surface area (Å²) in [7, 11) is 0. The van der Waals surface area contributed by atoms with Crippen molar-refractivity contribution >= 4 is 12.4 Å². The second-order valence-electron chi connectivity index (χ2n) is 6.94. The van der Waals surface area contributed by atoms with Gasteiger partial charge < -0.3 is 9.94 Å². The molecule has 0 radical (unpaired) electrons. The SMILES string of the molecule is CC1(C)CCC(O)c2cc(-c3ccc(C(=O)ONC=O)cc3)ccc21. The van der Waals surface area contributed by atoms with Crippen LogP contribution in [0.25, 0.3) is 11.1 Å². The van der Waals surface area contributed by atoms with E-state index in [0.717, 1.165) is 29.5 Å². The highest BCUT2D eigenvalue weighted by molar-refractivity contribution is 5.90. The minimum absolute atomic E-state index is 0.0618. The lowest BCUT2D eigenvalue weighted by molar-refractivity contribution is -0.117. The van der Waals surface area contributed by atoms with E-state index in [9.17, 15) is 14.7 Å². The van der Waals surface area contributed by atoms with Crippen LogP contribution in [-0.2, 0) is 15.0 Å². The highest BCUT2D eigenvalue weighted by Gasteiger charge is 2.31. The quantitative estimate of drug-likeness (QED) is 0.662. The Morgan fingerprint density at radius 3 is 2.56 bits per heavy atom. The molecule has 1 unspecified atom stereocenters. The van der Waals surface area contributed by atoms with Crippen LogP contribution in [0, 0.1) is 0 Å². The van der Waals surface area contributed by atoms with Crippen LogP contribution >= 0.6 is 0 Å². The molecule has 2 aromatic rings. The standard InChI is InChI=1S/C20H21NO4/c1-20(2)10-9-18(23)16-11-15(7-8-17(16)20)13-3-5-14(6-4-13)19(24)25-21-12-22/h3-8,11-12,18,23H,9-10H2,1-2H3,(H,21,22). The average molecular weight is 339 g/mol. The number of carbonyl (C=O) groups excluding carboxylic acids is 2. The van der Waals surface area contributed by atoms with Crippen molar-refractivity contribution in [2.24, 2.45) is 0 Å². The van der Waals surface area contributed by atoms with E-state index in [1.165, 1.54) is 5.56 Å². The first-order valence-corrected chi connectivity index (χ1v) is 8.25. The third-order valence-corrected chi connectivity index (χ3v) is 4.84. The minimum atomic E-state index is -0.624. The number of carbonyl (C=O) groups is 2. The van der Waals surface area contributed by atoms with E-state index in [4.69, 9.17) is 0 Å². The molecule has 2 aromatic carbocycles. The maximum absolute atomic E-state index is 11.7. The normalized spacial score (nSPS) is 18.1. The number of aliphatic hydroxyl groups is 1. The maximum atomic E-state index is 11.7. The molecule has 0 fully saturated rings. The van der Waals surface area contributed by atoms with Gasteiger partial charge >= 0.3 is 5.97 Å². The minimum Gasteiger partial charge on any atom is -0.388 e. The zero-order valence-corrected chi connectivity index (χ0v) is 14.3. The van der Waals surface area contributed by atoms with Gasteiger partial charge in [-0.2, -0.15) is 5.48 Å². The highest BCUT2D eigenvalue weighted by atomic mass is 16.7. The Bertz CT molecular complexity index is 796. The fourth-order valence-electron chi connectivity index (χ4n) is 3.36. The molecule has 1 amide bonds. The number of fused-ring (bicyclic) bond motifs is 1. The van der Waals surface area contributed by atoms with Crippen LogP contribution < -0.4 is 5.48 Å². The molecule has 0 bridgehead atoms. The van der Waals surface area contributed by atoms with E-state index in [2.05, 4.69) is 24.8 Å². The lowest BCUT2D eigenvalue weighted by atomic mass is 9.71. The van der Waals surface area contributed by atoms with Crippen LogP contribution in [-0.4, -0.2) is 17.5 Å². The first-order valence-electron chi connectivity index (χ1n) is 8.25. The van der Waals surface area contributed by atoms with E-state index in [-0.39, 0.29) is 5.41 Å². The number of hydroxylamine groups is 1. The second kappa shape index (κ2) is 6.69. The van der Waals surface area contributed by atoms with Crippen molar-refractivity contribution in [2.75, 3.05) is 0 Å². The maximum Gasteiger partial charge on any atom is 0.362 e. The van der Waals surface area contributed by atoms with Crippen molar-refractivity contribution in [1.29, 1.82) is 0 Å². The van der Waals surface area contributed by atoms with Gasteiger partial charge in [0.25, 0.3) is 0 Å². The number of benzene rings is 2. The van der Waals surface area contributed by atoms with Gasteiger partial charge in [-0.3, -0.25) is 4.79 Å². The number of nitrogens with one attached hydrogen (secondary N) is 1. The summed E-state index contributed by atoms with van der Waals surface area (Å²) >= 11 is 0. The van der Waals surface area contributed by atoms with Gasteiger partial charge in [0.1, 0.15) is 0 Å². The third kappa shape index (κ3) is 3.42. The first-order chi connectivity index (χ1) is 11.9. The van der Waals surface area contributed by atoms with Crippen molar-refractivity contribution in [3.63, 3.8) is 0 Å². The smallest absolute Gasteiger partial charge is 0.362 e. The van der Waals surface area contributed by atoms with Crippen molar-refractivity contribution < 1.29 is 19.5 Å². The van der Waals surface area contributed by atoms with Crippen LogP contribution in [0.2, 0.25) is 0 Å². The number of rotatable bonds is 4. The molecule has 25 heavy (non-hydrogen) atoms. The van der Waals surface area contributed by atoms with Gasteiger partial charge in [0.05, 0.1) is 11.7 Å². The van der Waals surface area contributed by atoms with Gasteiger partial charge in [-0.25, -0.2) is 4.79 Å². The zero-order chi connectivity index (χ0) is 18.0. The molecular weight excluding hydrogens is 318 g/mol. The molecule has 0 aromatic heterocycles. The van der Waals surface area contributed by atoms with E-state index in [1.807, 2.05) is 29.7 Å². The summed E-state index contributed by atoms with van der Waals surface area (Å²) in [5.41, 5.74) is 6.39. The first kappa shape index (κ1) is 17.2. The molecule has 1 atom stereocenters. The largest absolute Gasteiger partial charge is 0.388 e. The molecule has 0 aliphatic heterocycles. The summed E-state index contributed by atoms with van der Waals surface area (Å²) in [6.07, 6.45) is 1.59. The molecule has 5 heteroatoms. The van der Waals surface area contributed by atoms with Crippen LogP contribution in [0.5, 0.6) is 0 Å². The molecule has 2 N–H and O–H groups in total. The predicted octanol–water partition coefficient (Wildman–Crippen LogP) is 3.28. The Hall–Kier alpha value is -2.66. The molecule has 0 saturated carbocycles. The summed E-state index contributed by atoms with van der Waals surface area (Å²) in [6.45, 7) is 4.40. The number of hydrogen-bond donors (Lipinski definition) is 2. The van der Waals surface area contributed by atoms with Gasteiger partial charge in [-0.1, -0.05) is 38.1 Å². The second-order valence-corrected chi connectivity index (χ2v) is 6.94. The molecule has 0 saturated heterocycles. The Kier molecular flexibility index (Phi) is 4.59. The van der Waals surface area contributed by atoms with Crippen molar-refractivity contribution in [2.45, 2.75) is 38.2 Å². The number of aliphatic hydroxyl groups excluding tert-OH is 1. The van der Waals surface area contributed by atoms with Gasteiger partial charge in [-0.15, -0.1) is 0 Å². The van der Waals surface area contributed by atoms with Crippen LogP contribution in [0.3, 0.4) is 0 Å². The Balaban J connectivity index is 1.89. The summed E-state index contributed by atoms with van der Waals surface area (Å²) < 4.78 is 0. The van der Waals surface area contributed by atoms with Gasteiger partial charge in [0.15, 0.2) is 0 Å². The van der Waals surface area contributed by atoms with Crippen molar-refractivity contribution in [3.8, 4) is 11.1 Å². The zero-order valence-electron chi connectivity index (χ0n) is 14.3.